The van der Waals surface area contributed by atoms with Gasteiger partial charge in [-0.2, -0.15) is 0 Å². The van der Waals surface area contributed by atoms with Gasteiger partial charge in [-0.3, -0.25) is 19.5 Å². The van der Waals surface area contributed by atoms with Crippen LogP contribution in [-0.2, 0) is 4.79 Å². The summed E-state index contributed by atoms with van der Waals surface area (Å²) >= 11 is 0. The zero-order valence-electron chi connectivity index (χ0n) is 15.7. The topological polar surface area (TPSA) is 74.3 Å². The van der Waals surface area contributed by atoms with Gasteiger partial charge >= 0.3 is 0 Å². The molecule has 0 atom stereocenters. The molecule has 1 aromatic carbocycles. The number of hydrogen-bond donors (Lipinski definition) is 2. The van der Waals surface area contributed by atoms with E-state index < -0.39 is 0 Å². The van der Waals surface area contributed by atoms with Crippen LogP contribution < -0.4 is 10.6 Å². The molecule has 0 aliphatic carbocycles. The van der Waals surface area contributed by atoms with E-state index in [1.165, 1.54) is 5.56 Å². The Bertz CT molecular complexity index is 847. The number of piperazine rings is 1. The number of amides is 2. The molecular weight excluding hydrogens is 328 g/mol. The summed E-state index contributed by atoms with van der Waals surface area (Å²) in [6.07, 6.45) is 0.819. The highest BCUT2D eigenvalue weighted by Crippen LogP contribution is 2.23. The van der Waals surface area contributed by atoms with Crippen LogP contribution in [0, 0.1) is 20.8 Å². The van der Waals surface area contributed by atoms with Gasteiger partial charge in [-0.05, 0) is 44.4 Å². The number of rotatable bonds is 5. The lowest BCUT2D eigenvalue weighted by atomic mass is 10.0. The average molecular weight is 354 g/mol. The third kappa shape index (κ3) is 4.02. The third-order valence-electron chi connectivity index (χ3n) is 4.93. The number of carbonyl (C=O) groups is 2. The molecule has 2 heterocycles. The number of carbonyl (C=O) groups excluding carboxylic acids is 2. The lowest BCUT2D eigenvalue weighted by Crippen LogP contribution is -2.48. The quantitative estimate of drug-likeness (QED) is 0.802. The van der Waals surface area contributed by atoms with Gasteiger partial charge in [0.1, 0.15) is 0 Å². The SMILES string of the molecule is Cc1cc(C(=O)NCCCN2CCNC(=O)C2)c2ccc(C)c(C)c2n1. The molecule has 1 aliphatic heterocycles. The van der Waals surface area contributed by atoms with Crippen LogP contribution in [0.25, 0.3) is 10.9 Å². The van der Waals surface area contributed by atoms with Gasteiger partial charge in [-0.15, -0.1) is 0 Å². The molecule has 0 bridgehead atoms. The molecule has 6 nitrogen and oxygen atoms in total. The van der Waals surface area contributed by atoms with E-state index in [1.54, 1.807) is 0 Å². The van der Waals surface area contributed by atoms with Crippen LogP contribution >= 0.6 is 0 Å². The molecule has 1 saturated heterocycles. The van der Waals surface area contributed by atoms with Crippen LogP contribution in [0.15, 0.2) is 18.2 Å². The van der Waals surface area contributed by atoms with Gasteiger partial charge in [0.15, 0.2) is 0 Å². The van der Waals surface area contributed by atoms with Crippen molar-refractivity contribution in [3.05, 3.63) is 40.6 Å². The van der Waals surface area contributed by atoms with Crippen molar-refractivity contribution in [1.29, 1.82) is 0 Å². The summed E-state index contributed by atoms with van der Waals surface area (Å²) in [6.45, 7) is 9.42. The maximum absolute atomic E-state index is 12.7. The second-order valence-corrected chi connectivity index (χ2v) is 6.95. The number of nitrogens with one attached hydrogen (secondary N) is 2. The van der Waals surface area contributed by atoms with E-state index in [0.29, 0.717) is 25.2 Å². The second-order valence-electron chi connectivity index (χ2n) is 6.95. The van der Waals surface area contributed by atoms with Crippen LogP contribution in [-0.4, -0.2) is 54.4 Å². The molecule has 0 radical (unpaired) electrons. The summed E-state index contributed by atoms with van der Waals surface area (Å²) < 4.78 is 0. The standard InChI is InChI=1S/C20H26N4O2/c1-13-5-6-16-17(11-14(2)23-19(16)15(13)3)20(26)22-7-4-9-24-10-8-21-18(25)12-24/h5-6,11H,4,7-10,12H2,1-3H3,(H,21,25)(H,22,26). The third-order valence-corrected chi connectivity index (χ3v) is 4.93. The highest BCUT2D eigenvalue weighted by atomic mass is 16.2. The van der Waals surface area contributed by atoms with Gasteiger partial charge in [0.2, 0.25) is 5.91 Å². The molecule has 2 N–H and O–H groups in total. The molecule has 138 valence electrons. The fraction of sp³-hybridized carbons (Fsp3) is 0.450. The Morgan fingerprint density at radius 1 is 1.31 bits per heavy atom. The zero-order chi connectivity index (χ0) is 18.7. The van der Waals surface area contributed by atoms with Crippen LogP contribution in [0.4, 0.5) is 0 Å². The van der Waals surface area contributed by atoms with E-state index in [4.69, 9.17) is 0 Å². The Balaban J connectivity index is 1.64. The van der Waals surface area contributed by atoms with Gasteiger partial charge in [0.25, 0.3) is 5.91 Å². The minimum absolute atomic E-state index is 0.0693. The second kappa shape index (κ2) is 7.83. The predicted octanol–water partition coefficient (Wildman–Crippen LogP) is 1.71. The molecule has 1 fully saturated rings. The van der Waals surface area contributed by atoms with Crippen molar-refractivity contribution in [3.8, 4) is 0 Å². The number of nitrogens with zero attached hydrogens (tertiary/aromatic N) is 2. The van der Waals surface area contributed by atoms with E-state index in [1.807, 2.05) is 32.0 Å². The summed E-state index contributed by atoms with van der Waals surface area (Å²) in [6, 6.07) is 5.86. The maximum Gasteiger partial charge on any atom is 0.252 e. The van der Waals surface area contributed by atoms with Crippen molar-refractivity contribution in [1.82, 2.24) is 20.5 Å². The van der Waals surface area contributed by atoms with Crippen LogP contribution in [0.2, 0.25) is 0 Å². The molecule has 0 spiro atoms. The first-order valence-electron chi connectivity index (χ1n) is 9.10. The number of fused-ring (bicyclic) bond motifs is 1. The fourth-order valence-electron chi connectivity index (χ4n) is 3.33. The van der Waals surface area contributed by atoms with Gasteiger partial charge < -0.3 is 10.6 Å². The molecule has 2 amide bonds. The minimum Gasteiger partial charge on any atom is -0.354 e. The Hall–Kier alpha value is -2.47. The van der Waals surface area contributed by atoms with E-state index in [-0.39, 0.29) is 11.8 Å². The fourth-order valence-corrected chi connectivity index (χ4v) is 3.33. The first-order valence-corrected chi connectivity index (χ1v) is 9.10. The first-order chi connectivity index (χ1) is 12.5. The van der Waals surface area contributed by atoms with E-state index in [2.05, 4.69) is 27.4 Å². The largest absolute Gasteiger partial charge is 0.354 e. The van der Waals surface area contributed by atoms with Crippen molar-refractivity contribution < 1.29 is 9.59 Å². The molecular formula is C20H26N4O2. The molecule has 1 aromatic heterocycles. The zero-order valence-corrected chi connectivity index (χ0v) is 15.7. The Labute approximate surface area is 154 Å². The molecule has 0 saturated carbocycles. The number of aryl methyl sites for hydroxylation is 3. The van der Waals surface area contributed by atoms with Crippen molar-refractivity contribution in [3.63, 3.8) is 0 Å². The average Bonchev–Trinajstić information content (AvgIpc) is 2.61. The highest BCUT2D eigenvalue weighted by Gasteiger charge is 2.16. The summed E-state index contributed by atoms with van der Waals surface area (Å²) in [5.41, 5.74) is 4.70. The lowest BCUT2D eigenvalue weighted by molar-refractivity contribution is -0.124. The van der Waals surface area contributed by atoms with Crippen molar-refractivity contribution in [2.45, 2.75) is 27.2 Å². The number of benzene rings is 1. The van der Waals surface area contributed by atoms with Crippen LogP contribution in [0.3, 0.4) is 0 Å². The van der Waals surface area contributed by atoms with E-state index >= 15 is 0 Å². The minimum atomic E-state index is -0.0693. The van der Waals surface area contributed by atoms with Gasteiger partial charge in [0, 0.05) is 37.3 Å². The number of hydrogen-bond acceptors (Lipinski definition) is 4. The Morgan fingerprint density at radius 3 is 2.88 bits per heavy atom. The predicted molar refractivity (Wildman–Crippen MR) is 102 cm³/mol. The molecule has 26 heavy (non-hydrogen) atoms. The van der Waals surface area contributed by atoms with Crippen LogP contribution in [0.1, 0.15) is 33.6 Å². The summed E-state index contributed by atoms with van der Waals surface area (Å²) in [5.74, 6) is 0.00446. The molecule has 3 rings (SSSR count). The van der Waals surface area contributed by atoms with Crippen LogP contribution in [0.5, 0.6) is 0 Å². The Kier molecular flexibility index (Phi) is 5.52. The summed E-state index contributed by atoms with van der Waals surface area (Å²) in [5, 5.41) is 6.72. The summed E-state index contributed by atoms with van der Waals surface area (Å²) in [4.78, 5) is 30.8. The number of pyridine rings is 1. The smallest absolute Gasteiger partial charge is 0.252 e. The molecule has 0 unspecified atom stereocenters. The Morgan fingerprint density at radius 2 is 2.12 bits per heavy atom. The van der Waals surface area contributed by atoms with Gasteiger partial charge in [-0.1, -0.05) is 12.1 Å². The van der Waals surface area contributed by atoms with Crippen molar-refractivity contribution in [2.75, 3.05) is 32.7 Å². The maximum atomic E-state index is 12.7. The van der Waals surface area contributed by atoms with Crippen molar-refractivity contribution >= 4 is 22.7 Å². The molecule has 1 aliphatic rings. The monoisotopic (exact) mass is 354 g/mol. The molecule has 6 heteroatoms. The van der Waals surface area contributed by atoms with E-state index in [9.17, 15) is 9.59 Å². The normalized spacial score (nSPS) is 15.1. The highest BCUT2D eigenvalue weighted by molar-refractivity contribution is 6.07. The lowest BCUT2D eigenvalue weighted by Gasteiger charge is -2.26. The first kappa shape index (κ1) is 18.3. The van der Waals surface area contributed by atoms with Gasteiger partial charge in [-0.25, -0.2) is 0 Å². The van der Waals surface area contributed by atoms with E-state index in [0.717, 1.165) is 41.7 Å². The molecule has 2 aromatic rings. The summed E-state index contributed by atoms with van der Waals surface area (Å²) in [7, 11) is 0. The number of aromatic nitrogens is 1. The van der Waals surface area contributed by atoms with Crippen molar-refractivity contribution in [2.24, 2.45) is 0 Å². The van der Waals surface area contributed by atoms with Gasteiger partial charge in [0.05, 0.1) is 17.6 Å².